The molecular weight excluding hydrogens is 366 g/mol. The highest BCUT2D eigenvalue weighted by molar-refractivity contribution is 5.92. The number of aryl methyl sites for hydroxylation is 1. The zero-order chi connectivity index (χ0) is 20.2. The van der Waals surface area contributed by atoms with Gasteiger partial charge in [-0.3, -0.25) is 14.7 Å². The van der Waals surface area contributed by atoms with Crippen LogP contribution in [0.3, 0.4) is 0 Å². The molecule has 0 saturated carbocycles. The minimum Gasteiger partial charge on any atom is -0.346 e. The molecule has 2 aromatic carbocycles. The summed E-state index contributed by atoms with van der Waals surface area (Å²) < 4.78 is 1.59. The van der Waals surface area contributed by atoms with E-state index in [0.29, 0.717) is 12.2 Å². The molecule has 0 atom stereocenters. The van der Waals surface area contributed by atoms with E-state index >= 15 is 0 Å². The molecule has 7 nitrogen and oxygen atoms in total. The molecule has 2 N–H and O–H groups in total. The van der Waals surface area contributed by atoms with Gasteiger partial charge >= 0.3 is 0 Å². The Morgan fingerprint density at radius 3 is 2.52 bits per heavy atom. The first-order valence-electron chi connectivity index (χ1n) is 9.15. The number of rotatable bonds is 5. The van der Waals surface area contributed by atoms with Crippen molar-refractivity contribution in [3.63, 3.8) is 0 Å². The number of aromatic amines is 1. The summed E-state index contributed by atoms with van der Waals surface area (Å²) in [4.78, 5) is 24.9. The third-order valence-electron chi connectivity index (χ3n) is 4.54. The van der Waals surface area contributed by atoms with Crippen LogP contribution in [-0.4, -0.2) is 25.9 Å². The largest absolute Gasteiger partial charge is 0.346 e. The van der Waals surface area contributed by atoms with Crippen LogP contribution in [0.1, 0.15) is 21.7 Å². The highest BCUT2D eigenvalue weighted by Gasteiger charge is 2.15. The van der Waals surface area contributed by atoms with Gasteiger partial charge in [0, 0.05) is 24.5 Å². The molecule has 4 rings (SSSR count). The quantitative estimate of drug-likeness (QED) is 0.552. The van der Waals surface area contributed by atoms with Crippen molar-refractivity contribution in [3.05, 3.63) is 100 Å². The average Bonchev–Trinajstić information content (AvgIpc) is 3.28. The maximum atomic E-state index is 12.6. The van der Waals surface area contributed by atoms with Crippen LogP contribution in [-0.2, 0) is 6.54 Å². The van der Waals surface area contributed by atoms with E-state index in [1.54, 1.807) is 17.8 Å². The smallest absolute Gasteiger partial charge is 0.276 e. The van der Waals surface area contributed by atoms with Crippen molar-refractivity contribution < 1.29 is 4.79 Å². The summed E-state index contributed by atoms with van der Waals surface area (Å²) in [5.41, 5.74) is 3.75. The fraction of sp³-hybridized carbons (Fsp3) is 0.0909. The number of hydrogen-bond donors (Lipinski definition) is 2. The Morgan fingerprint density at radius 2 is 1.83 bits per heavy atom. The van der Waals surface area contributed by atoms with Gasteiger partial charge in [0.1, 0.15) is 0 Å². The predicted molar refractivity (Wildman–Crippen MR) is 110 cm³/mol. The fourth-order valence-electron chi connectivity index (χ4n) is 3.02. The molecule has 2 aromatic heterocycles. The molecule has 0 fully saturated rings. The van der Waals surface area contributed by atoms with E-state index in [0.717, 1.165) is 22.5 Å². The van der Waals surface area contributed by atoms with E-state index in [4.69, 9.17) is 0 Å². The number of nitrogens with one attached hydrogen (secondary N) is 2. The lowest BCUT2D eigenvalue weighted by Gasteiger charge is -2.11. The number of H-pyrrole nitrogens is 1. The number of aromatic nitrogens is 4. The number of amides is 1. The molecule has 0 saturated heterocycles. The highest BCUT2D eigenvalue weighted by Crippen LogP contribution is 2.16. The molecule has 0 radical (unpaired) electrons. The van der Waals surface area contributed by atoms with Crippen LogP contribution in [0.15, 0.2) is 77.7 Å². The molecule has 0 spiro atoms. The Labute approximate surface area is 167 Å². The van der Waals surface area contributed by atoms with E-state index < -0.39 is 11.3 Å². The molecule has 2 heterocycles. The minimum absolute atomic E-state index is 0.131. The zero-order valence-corrected chi connectivity index (χ0v) is 15.8. The fourth-order valence-corrected chi connectivity index (χ4v) is 3.02. The lowest BCUT2D eigenvalue weighted by molar-refractivity contribution is 0.0943. The first-order chi connectivity index (χ1) is 14.1. The van der Waals surface area contributed by atoms with Crippen molar-refractivity contribution in [1.29, 1.82) is 0 Å². The molecule has 29 heavy (non-hydrogen) atoms. The Kier molecular flexibility index (Phi) is 5.03. The van der Waals surface area contributed by atoms with Gasteiger partial charge in [0.05, 0.1) is 11.4 Å². The van der Waals surface area contributed by atoms with Gasteiger partial charge in [0.15, 0.2) is 5.69 Å². The van der Waals surface area contributed by atoms with Gasteiger partial charge in [-0.1, -0.05) is 42.5 Å². The second-order valence-corrected chi connectivity index (χ2v) is 6.60. The Morgan fingerprint density at radius 1 is 1.07 bits per heavy atom. The second-order valence-electron chi connectivity index (χ2n) is 6.60. The monoisotopic (exact) mass is 385 g/mol. The normalized spacial score (nSPS) is 10.7. The highest BCUT2D eigenvalue weighted by atomic mass is 16.2. The van der Waals surface area contributed by atoms with Crippen LogP contribution < -0.4 is 10.7 Å². The predicted octanol–water partition coefficient (Wildman–Crippen LogP) is 2.86. The lowest BCUT2D eigenvalue weighted by Crippen LogP contribution is -2.31. The summed E-state index contributed by atoms with van der Waals surface area (Å²) in [6, 6.07) is 20.4. The van der Waals surface area contributed by atoms with Crippen molar-refractivity contribution in [2.75, 3.05) is 0 Å². The van der Waals surface area contributed by atoms with Crippen molar-refractivity contribution in [2.45, 2.75) is 13.5 Å². The van der Waals surface area contributed by atoms with E-state index in [1.807, 2.05) is 60.7 Å². The Hall–Kier alpha value is -4.00. The summed E-state index contributed by atoms with van der Waals surface area (Å²) in [5, 5.41) is 13.9. The first-order valence-corrected chi connectivity index (χ1v) is 9.15. The minimum atomic E-state index is -0.502. The summed E-state index contributed by atoms with van der Waals surface area (Å²) in [7, 11) is 0. The third kappa shape index (κ3) is 3.98. The van der Waals surface area contributed by atoms with Crippen LogP contribution in [0.5, 0.6) is 0 Å². The SMILES string of the molecule is Cc1cc(=O)c(C(=O)NCc2ccc(-c3ccn[nH]3)cc2)nn1-c1ccccc1. The van der Waals surface area contributed by atoms with Crippen molar-refractivity contribution >= 4 is 5.91 Å². The van der Waals surface area contributed by atoms with Crippen molar-refractivity contribution in [1.82, 2.24) is 25.3 Å². The maximum absolute atomic E-state index is 12.6. The van der Waals surface area contributed by atoms with Gasteiger partial charge in [0.2, 0.25) is 5.43 Å². The molecule has 7 heteroatoms. The van der Waals surface area contributed by atoms with Gasteiger partial charge < -0.3 is 5.32 Å². The Bertz CT molecular complexity index is 1180. The molecule has 0 unspecified atom stereocenters. The molecule has 0 aliphatic carbocycles. The molecule has 0 aliphatic heterocycles. The summed E-state index contributed by atoms with van der Waals surface area (Å²) in [5.74, 6) is -0.502. The Balaban J connectivity index is 1.51. The number of nitrogens with zero attached hydrogens (tertiary/aromatic N) is 3. The lowest BCUT2D eigenvalue weighted by atomic mass is 10.1. The van der Waals surface area contributed by atoms with Crippen molar-refractivity contribution in [2.24, 2.45) is 0 Å². The van der Waals surface area contributed by atoms with E-state index in [1.165, 1.54) is 6.07 Å². The average molecular weight is 385 g/mol. The molecule has 4 aromatic rings. The first kappa shape index (κ1) is 18.4. The van der Waals surface area contributed by atoms with Gasteiger partial charge in [-0.15, -0.1) is 0 Å². The van der Waals surface area contributed by atoms with Crippen LogP contribution in [0.4, 0.5) is 0 Å². The number of carbonyl (C=O) groups is 1. The van der Waals surface area contributed by atoms with Gasteiger partial charge in [-0.25, -0.2) is 4.68 Å². The van der Waals surface area contributed by atoms with Crippen LogP contribution >= 0.6 is 0 Å². The second kappa shape index (κ2) is 7.93. The topological polar surface area (TPSA) is 92.7 Å². The van der Waals surface area contributed by atoms with Crippen molar-refractivity contribution in [3.8, 4) is 16.9 Å². The van der Waals surface area contributed by atoms with E-state index in [9.17, 15) is 9.59 Å². The molecule has 144 valence electrons. The van der Waals surface area contributed by atoms with Gasteiger partial charge in [-0.05, 0) is 36.2 Å². The third-order valence-corrected chi connectivity index (χ3v) is 4.54. The standard InChI is InChI=1S/C22H19N5O2/c1-15-13-20(28)21(26-27(15)18-5-3-2-4-6-18)22(29)23-14-16-7-9-17(10-8-16)19-11-12-24-25-19/h2-13H,14H2,1H3,(H,23,29)(H,24,25). The van der Waals surface area contributed by atoms with Gasteiger partial charge in [-0.2, -0.15) is 10.2 Å². The maximum Gasteiger partial charge on any atom is 0.276 e. The summed E-state index contributed by atoms with van der Waals surface area (Å²) in [6.07, 6.45) is 1.69. The number of para-hydroxylation sites is 1. The van der Waals surface area contributed by atoms with Crippen LogP contribution in [0, 0.1) is 6.92 Å². The van der Waals surface area contributed by atoms with E-state index in [-0.39, 0.29) is 5.69 Å². The van der Waals surface area contributed by atoms with Crippen LogP contribution in [0.25, 0.3) is 16.9 Å². The number of carbonyl (C=O) groups excluding carboxylic acids is 1. The van der Waals surface area contributed by atoms with Gasteiger partial charge in [0.25, 0.3) is 5.91 Å². The number of hydrogen-bond acceptors (Lipinski definition) is 4. The van der Waals surface area contributed by atoms with Crippen LogP contribution in [0.2, 0.25) is 0 Å². The summed E-state index contributed by atoms with van der Waals surface area (Å²) >= 11 is 0. The molecule has 0 bridgehead atoms. The summed E-state index contributed by atoms with van der Waals surface area (Å²) in [6.45, 7) is 2.08. The molecule has 1 amide bonds. The number of benzene rings is 2. The van der Waals surface area contributed by atoms with E-state index in [2.05, 4.69) is 20.6 Å². The molecule has 0 aliphatic rings. The zero-order valence-electron chi connectivity index (χ0n) is 15.8. The molecular formula is C22H19N5O2.